The third-order valence-corrected chi connectivity index (χ3v) is 9.96. The summed E-state index contributed by atoms with van der Waals surface area (Å²) in [4.78, 5) is 2.55. The molecule has 1 heterocycles. The average Bonchev–Trinajstić information content (AvgIpc) is 2.78. The number of hydrogen-bond acceptors (Lipinski definition) is 4. The fourth-order valence-electron chi connectivity index (χ4n) is 4.01. The number of rotatable bonds is 10. The van der Waals surface area contributed by atoms with Crippen LogP contribution in [0.3, 0.4) is 0 Å². The van der Waals surface area contributed by atoms with E-state index in [2.05, 4.69) is 4.90 Å². The largest absolute Gasteiger partial charge is 0.303 e. The number of likely N-dealkylation sites (tertiary alicyclic amines) is 1. The molecule has 0 spiro atoms. The first-order valence-electron chi connectivity index (χ1n) is 11.0. The lowest BCUT2D eigenvalue weighted by Gasteiger charge is -2.31. The van der Waals surface area contributed by atoms with Crippen LogP contribution in [-0.2, 0) is 20.8 Å². The highest BCUT2D eigenvalue weighted by atomic mass is 35.5. The van der Waals surface area contributed by atoms with Gasteiger partial charge in [0, 0.05) is 38.9 Å². The zero-order valence-corrected chi connectivity index (χ0v) is 22.5. The molecule has 0 aromatic heterocycles. The molecule has 33 heavy (non-hydrogen) atoms. The minimum atomic E-state index is -3.84. The van der Waals surface area contributed by atoms with E-state index in [4.69, 9.17) is 34.8 Å². The maximum absolute atomic E-state index is 13.5. The Morgan fingerprint density at radius 3 is 2.24 bits per heavy atom. The number of sulfonamides is 1. The maximum Gasteiger partial charge on any atom is 0.264 e. The summed E-state index contributed by atoms with van der Waals surface area (Å²) in [5, 5.41) is 1.53. The topological polar surface area (TPSA) is 57.7 Å². The van der Waals surface area contributed by atoms with Crippen LogP contribution in [-0.4, -0.2) is 55.2 Å². The molecule has 1 atom stereocenters. The maximum atomic E-state index is 13.5. The third-order valence-electron chi connectivity index (χ3n) is 5.92. The van der Waals surface area contributed by atoms with Gasteiger partial charge in [0.05, 0.1) is 15.6 Å². The number of benzene rings is 2. The summed E-state index contributed by atoms with van der Waals surface area (Å²) >= 11 is 18.5. The van der Waals surface area contributed by atoms with Crippen molar-refractivity contribution in [3.8, 4) is 0 Å². The van der Waals surface area contributed by atoms with Crippen LogP contribution in [0.5, 0.6) is 0 Å². The second kappa shape index (κ2) is 12.2. The lowest BCUT2D eigenvalue weighted by atomic mass is 10.1. The molecular weight excluding hydrogens is 523 g/mol. The highest BCUT2D eigenvalue weighted by Gasteiger charge is 2.27. The van der Waals surface area contributed by atoms with Gasteiger partial charge in [0.15, 0.2) is 0 Å². The van der Waals surface area contributed by atoms with E-state index in [1.54, 1.807) is 36.6 Å². The Balaban J connectivity index is 1.64. The van der Waals surface area contributed by atoms with Crippen LogP contribution in [0, 0.1) is 0 Å². The molecule has 2 aromatic carbocycles. The molecule has 1 aliphatic heterocycles. The Labute approximate surface area is 214 Å². The summed E-state index contributed by atoms with van der Waals surface area (Å²) < 4.78 is 39.9. The van der Waals surface area contributed by atoms with Gasteiger partial charge in [0.1, 0.15) is 0 Å². The van der Waals surface area contributed by atoms with Crippen LogP contribution in [0.1, 0.15) is 32.1 Å². The minimum Gasteiger partial charge on any atom is -0.303 e. The van der Waals surface area contributed by atoms with E-state index in [9.17, 15) is 12.6 Å². The molecule has 2 aromatic rings. The first-order chi connectivity index (χ1) is 15.7. The quantitative estimate of drug-likeness (QED) is 0.347. The van der Waals surface area contributed by atoms with E-state index in [1.807, 2.05) is 0 Å². The fourth-order valence-corrected chi connectivity index (χ4v) is 6.96. The summed E-state index contributed by atoms with van der Waals surface area (Å²) in [6.07, 6.45) is 6.27. The Bertz CT molecular complexity index is 1060. The van der Waals surface area contributed by atoms with Gasteiger partial charge in [-0.25, -0.2) is 8.42 Å². The van der Waals surface area contributed by atoms with E-state index in [0.717, 1.165) is 45.3 Å². The molecule has 0 amide bonds. The van der Waals surface area contributed by atoms with Gasteiger partial charge < -0.3 is 4.90 Å². The lowest BCUT2D eigenvalue weighted by Crippen LogP contribution is -2.38. The van der Waals surface area contributed by atoms with Gasteiger partial charge in [0.2, 0.25) is 0 Å². The monoisotopic (exact) mass is 550 g/mol. The van der Waals surface area contributed by atoms with E-state index in [-0.39, 0.29) is 4.90 Å². The molecule has 0 radical (unpaired) electrons. The summed E-state index contributed by atoms with van der Waals surface area (Å²) in [6.45, 7) is 3.20. The van der Waals surface area contributed by atoms with Gasteiger partial charge in [-0.15, -0.1) is 0 Å². The summed E-state index contributed by atoms with van der Waals surface area (Å²) in [6, 6.07) is 10.9. The van der Waals surface area contributed by atoms with E-state index < -0.39 is 20.8 Å². The smallest absolute Gasteiger partial charge is 0.264 e. The molecular formula is C23H29Cl3N2O3S2. The van der Waals surface area contributed by atoms with Crippen molar-refractivity contribution in [3.63, 3.8) is 0 Å². The molecule has 1 saturated heterocycles. The van der Waals surface area contributed by atoms with Crippen molar-refractivity contribution >= 4 is 61.3 Å². The first-order valence-corrected chi connectivity index (χ1v) is 15.2. The molecule has 0 saturated carbocycles. The van der Waals surface area contributed by atoms with Crippen molar-refractivity contribution < 1.29 is 12.6 Å². The van der Waals surface area contributed by atoms with Crippen LogP contribution in [0.2, 0.25) is 15.1 Å². The predicted octanol–water partition coefficient (Wildman–Crippen LogP) is 5.86. The number of anilines is 1. The lowest BCUT2D eigenvalue weighted by molar-refractivity contribution is 0.227. The zero-order chi connectivity index (χ0) is 24.0. The molecule has 0 bridgehead atoms. The highest BCUT2D eigenvalue weighted by Crippen LogP contribution is 2.33. The summed E-state index contributed by atoms with van der Waals surface area (Å²) in [5.41, 5.74) is 0.369. The fraction of sp³-hybridized carbons (Fsp3) is 0.478. The molecule has 182 valence electrons. The standard InChI is InChI=1S/C23H29Cl3N2O3S2/c1-32(29)20-11-15-27(16-12-20)13-3-2-4-14-28(23-17-19(25)7-10-22(23)26)33(30,31)21-8-5-18(24)6-9-21/h5-10,17,20H,2-4,11-16H2,1H3. The van der Waals surface area contributed by atoms with Crippen molar-refractivity contribution in [2.24, 2.45) is 0 Å². The second-order valence-corrected chi connectivity index (χ2v) is 13.0. The molecule has 3 rings (SSSR count). The molecule has 1 fully saturated rings. The normalized spacial score (nSPS) is 16.6. The number of halogens is 3. The molecule has 0 N–H and O–H groups in total. The van der Waals surface area contributed by atoms with E-state index in [1.165, 1.54) is 16.4 Å². The summed E-state index contributed by atoms with van der Waals surface area (Å²) in [5.74, 6) is 0. The predicted molar refractivity (Wildman–Crippen MR) is 140 cm³/mol. The van der Waals surface area contributed by atoms with Gasteiger partial charge >= 0.3 is 0 Å². The SMILES string of the molecule is CS(=O)C1CCN(CCCCCN(c2cc(Cl)ccc2Cl)S(=O)(=O)c2ccc(Cl)cc2)CC1. The number of piperidine rings is 1. The Morgan fingerprint density at radius 2 is 1.61 bits per heavy atom. The van der Waals surface area contributed by atoms with Crippen LogP contribution in [0.25, 0.3) is 0 Å². The van der Waals surface area contributed by atoms with E-state index in [0.29, 0.717) is 39.0 Å². The van der Waals surface area contributed by atoms with Gasteiger partial charge in [-0.05, 0) is 87.8 Å². The minimum absolute atomic E-state index is 0.152. The average molecular weight is 552 g/mol. The van der Waals surface area contributed by atoms with Crippen molar-refractivity contribution in [1.29, 1.82) is 0 Å². The van der Waals surface area contributed by atoms with Crippen LogP contribution < -0.4 is 4.31 Å². The van der Waals surface area contributed by atoms with Gasteiger partial charge in [-0.3, -0.25) is 8.51 Å². The number of unbranched alkanes of at least 4 members (excludes halogenated alkanes) is 2. The molecule has 10 heteroatoms. The highest BCUT2D eigenvalue weighted by molar-refractivity contribution is 7.92. The van der Waals surface area contributed by atoms with Crippen molar-refractivity contribution in [2.75, 3.05) is 36.7 Å². The molecule has 0 aliphatic carbocycles. The van der Waals surface area contributed by atoms with Crippen molar-refractivity contribution in [1.82, 2.24) is 4.90 Å². The van der Waals surface area contributed by atoms with Gasteiger partial charge in [0.25, 0.3) is 10.0 Å². The molecule has 1 unspecified atom stereocenters. The Kier molecular flexibility index (Phi) is 9.92. The van der Waals surface area contributed by atoms with Gasteiger partial charge in [-0.1, -0.05) is 41.2 Å². The Hall–Kier alpha value is -0.830. The van der Waals surface area contributed by atoms with E-state index >= 15 is 0 Å². The van der Waals surface area contributed by atoms with Crippen LogP contribution in [0.15, 0.2) is 47.4 Å². The Morgan fingerprint density at radius 1 is 0.970 bits per heavy atom. The van der Waals surface area contributed by atoms with Crippen LogP contribution in [0.4, 0.5) is 5.69 Å². The van der Waals surface area contributed by atoms with Crippen LogP contribution >= 0.6 is 34.8 Å². The molecule has 5 nitrogen and oxygen atoms in total. The second-order valence-electron chi connectivity index (χ2n) is 8.23. The number of hydrogen-bond donors (Lipinski definition) is 0. The van der Waals surface area contributed by atoms with Gasteiger partial charge in [-0.2, -0.15) is 0 Å². The third kappa shape index (κ3) is 7.33. The van der Waals surface area contributed by atoms with Crippen molar-refractivity contribution in [3.05, 3.63) is 57.5 Å². The number of nitrogens with zero attached hydrogens (tertiary/aromatic N) is 2. The summed E-state index contributed by atoms with van der Waals surface area (Å²) in [7, 11) is -4.59. The molecule has 1 aliphatic rings. The zero-order valence-electron chi connectivity index (χ0n) is 18.6. The van der Waals surface area contributed by atoms with Crippen molar-refractivity contribution in [2.45, 2.75) is 42.2 Å². The first kappa shape index (κ1) is 26.8.